The highest BCUT2D eigenvalue weighted by molar-refractivity contribution is 5.93. The summed E-state index contributed by atoms with van der Waals surface area (Å²) in [5.41, 5.74) is 7.73. The Bertz CT molecular complexity index is 995. The fourth-order valence-electron chi connectivity index (χ4n) is 4.54. The van der Waals surface area contributed by atoms with Gasteiger partial charge in [0, 0.05) is 49.2 Å². The van der Waals surface area contributed by atoms with Gasteiger partial charge in [-0.15, -0.1) is 24.8 Å². The van der Waals surface area contributed by atoms with Gasteiger partial charge in [-0.25, -0.2) is 0 Å². The molecule has 1 fully saturated rings. The molecule has 4 heterocycles. The molecule has 2 amide bonds. The van der Waals surface area contributed by atoms with Gasteiger partial charge < -0.3 is 20.5 Å². The van der Waals surface area contributed by atoms with Crippen LogP contribution >= 0.6 is 24.8 Å². The van der Waals surface area contributed by atoms with E-state index >= 15 is 0 Å². The summed E-state index contributed by atoms with van der Waals surface area (Å²) in [6.07, 6.45) is 2.42. The van der Waals surface area contributed by atoms with Crippen molar-refractivity contribution < 1.29 is 9.59 Å². The van der Waals surface area contributed by atoms with Crippen molar-refractivity contribution in [2.45, 2.75) is 25.3 Å². The largest absolute Gasteiger partial charge is 0.350 e. The topological polar surface area (TPSA) is 110 Å². The molecule has 3 N–H and O–H groups in total. The van der Waals surface area contributed by atoms with E-state index in [-0.39, 0.29) is 66.6 Å². The molecule has 0 aromatic carbocycles. The summed E-state index contributed by atoms with van der Waals surface area (Å²) in [7, 11) is 0. The van der Waals surface area contributed by atoms with E-state index in [0.29, 0.717) is 25.2 Å². The summed E-state index contributed by atoms with van der Waals surface area (Å²) in [5, 5.41) is 2.95. The lowest BCUT2D eigenvalue weighted by molar-refractivity contribution is -0.132. The van der Waals surface area contributed by atoms with Gasteiger partial charge in [-0.1, -0.05) is 6.07 Å². The van der Waals surface area contributed by atoms with Gasteiger partial charge in [-0.05, 0) is 37.5 Å². The van der Waals surface area contributed by atoms with Crippen molar-refractivity contribution in [1.29, 1.82) is 0 Å². The standard InChI is InChI=1S/C21H25N5O3.2ClH/c1-13-5-6-14(9-23-13)21(29)24-10-18-16-7-15(11-25(12-16)20(28)8-22)17-3-2-4-19(27)26(17)18;;/h2-6,9,15-16,18H,7-8,10-12,22H2,1H3,(H,24,29);2*1H/t15-,16+,18+;;/m1../s1. The fraction of sp³-hybridized carbons (Fsp3) is 0.429. The fourth-order valence-corrected chi connectivity index (χ4v) is 4.54. The third-order valence-corrected chi connectivity index (χ3v) is 5.97. The van der Waals surface area contributed by atoms with Crippen LogP contribution in [0.15, 0.2) is 41.3 Å². The van der Waals surface area contributed by atoms with E-state index in [0.717, 1.165) is 17.8 Å². The van der Waals surface area contributed by atoms with Crippen LogP contribution in [0.1, 0.15) is 40.1 Å². The first-order valence-corrected chi connectivity index (χ1v) is 9.88. The van der Waals surface area contributed by atoms with Crippen LogP contribution in [-0.2, 0) is 4.79 Å². The molecule has 1 saturated heterocycles. The summed E-state index contributed by atoms with van der Waals surface area (Å²) in [6.45, 7) is 3.26. The van der Waals surface area contributed by atoms with Crippen molar-refractivity contribution in [2.24, 2.45) is 11.7 Å². The Kier molecular flexibility index (Phi) is 8.22. The number of aromatic nitrogens is 2. The number of likely N-dealkylation sites (tertiary alicyclic amines) is 1. The minimum atomic E-state index is -0.226. The number of carbonyl (C=O) groups excluding carboxylic acids is 2. The molecule has 0 unspecified atom stereocenters. The maximum Gasteiger partial charge on any atom is 0.252 e. The second-order valence-electron chi connectivity index (χ2n) is 7.82. The smallest absolute Gasteiger partial charge is 0.252 e. The Morgan fingerprint density at radius 2 is 1.97 bits per heavy atom. The van der Waals surface area contributed by atoms with Crippen LogP contribution in [0.5, 0.6) is 0 Å². The Balaban J connectivity index is 0.00000171. The molecule has 0 aliphatic carbocycles. The molecule has 2 bridgehead atoms. The van der Waals surface area contributed by atoms with Crippen molar-refractivity contribution in [2.75, 3.05) is 26.2 Å². The lowest BCUT2D eigenvalue weighted by atomic mass is 9.78. The lowest BCUT2D eigenvalue weighted by Gasteiger charge is -2.47. The van der Waals surface area contributed by atoms with Crippen molar-refractivity contribution in [1.82, 2.24) is 19.8 Å². The van der Waals surface area contributed by atoms with E-state index in [1.165, 1.54) is 0 Å². The first-order chi connectivity index (χ1) is 14.0. The van der Waals surface area contributed by atoms with Crippen LogP contribution in [0, 0.1) is 12.8 Å². The number of hydrogen-bond acceptors (Lipinski definition) is 5. The van der Waals surface area contributed by atoms with Crippen LogP contribution < -0.4 is 16.6 Å². The molecule has 10 heteroatoms. The van der Waals surface area contributed by atoms with Crippen molar-refractivity contribution in [3.63, 3.8) is 0 Å². The lowest BCUT2D eigenvalue weighted by Crippen LogP contribution is -2.54. The molecule has 0 saturated carbocycles. The second kappa shape index (κ2) is 10.3. The number of pyridine rings is 2. The zero-order valence-electron chi connectivity index (χ0n) is 17.2. The maximum absolute atomic E-state index is 12.7. The van der Waals surface area contributed by atoms with E-state index in [9.17, 15) is 14.4 Å². The van der Waals surface area contributed by atoms with Gasteiger partial charge >= 0.3 is 0 Å². The Morgan fingerprint density at radius 3 is 2.65 bits per heavy atom. The Morgan fingerprint density at radius 1 is 1.19 bits per heavy atom. The molecule has 8 nitrogen and oxygen atoms in total. The highest BCUT2D eigenvalue weighted by Crippen LogP contribution is 2.40. The van der Waals surface area contributed by atoms with Crippen molar-refractivity contribution >= 4 is 36.6 Å². The van der Waals surface area contributed by atoms with Gasteiger partial charge in [0.1, 0.15) is 0 Å². The number of carbonyl (C=O) groups is 2. The molecule has 2 aliphatic rings. The number of halogens is 2. The van der Waals surface area contributed by atoms with Crippen LogP contribution in [0.2, 0.25) is 0 Å². The minimum absolute atomic E-state index is 0. The Hall–Kier alpha value is -2.42. The number of piperidine rings is 1. The average Bonchev–Trinajstić information content (AvgIpc) is 2.73. The number of nitrogens with two attached hydrogens (primary N) is 1. The predicted molar refractivity (Wildman–Crippen MR) is 122 cm³/mol. The minimum Gasteiger partial charge on any atom is -0.350 e. The third-order valence-electron chi connectivity index (χ3n) is 5.97. The van der Waals surface area contributed by atoms with Crippen LogP contribution in [0.25, 0.3) is 0 Å². The Labute approximate surface area is 193 Å². The first kappa shape index (κ1) is 24.8. The van der Waals surface area contributed by atoms with Crippen molar-refractivity contribution in [3.05, 3.63) is 63.8 Å². The SMILES string of the molecule is Cc1ccc(C(=O)NC[C@H]2[C@H]3C[C@H](CN(C(=O)CN)C3)c3cccc(=O)n32)cn1.Cl.Cl. The van der Waals surface area contributed by atoms with Crippen molar-refractivity contribution in [3.8, 4) is 0 Å². The third kappa shape index (κ3) is 4.92. The van der Waals surface area contributed by atoms with Crippen LogP contribution in [-0.4, -0.2) is 52.4 Å². The molecular formula is C21H27Cl2N5O3. The molecule has 4 rings (SSSR count). The number of hydrogen-bond donors (Lipinski definition) is 2. The summed E-state index contributed by atoms with van der Waals surface area (Å²) in [6, 6.07) is 8.55. The first-order valence-electron chi connectivity index (χ1n) is 9.88. The zero-order chi connectivity index (χ0) is 20.5. The molecule has 31 heavy (non-hydrogen) atoms. The van der Waals surface area contributed by atoms with E-state index in [1.54, 1.807) is 39.9 Å². The normalized spacial score (nSPS) is 21.2. The van der Waals surface area contributed by atoms with Gasteiger partial charge in [0.15, 0.2) is 0 Å². The number of nitrogens with zero attached hydrogens (tertiary/aromatic N) is 3. The molecule has 2 aliphatic heterocycles. The average molecular weight is 468 g/mol. The number of rotatable bonds is 4. The maximum atomic E-state index is 12.7. The van der Waals surface area contributed by atoms with Crippen LogP contribution in [0.4, 0.5) is 0 Å². The monoisotopic (exact) mass is 467 g/mol. The van der Waals surface area contributed by atoms with Gasteiger partial charge in [0.2, 0.25) is 5.91 Å². The summed E-state index contributed by atoms with van der Waals surface area (Å²) >= 11 is 0. The number of amides is 2. The number of aryl methyl sites for hydroxylation is 1. The predicted octanol–water partition coefficient (Wildman–Crippen LogP) is 1.27. The highest BCUT2D eigenvalue weighted by Gasteiger charge is 2.41. The van der Waals surface area contributed by atoms with Gasteiger partial charge in [0.25, 0.3) is 11.5 Å². The van der Waals surface area contributed by atoms with Gasteiger partial charge in [0.05, 0.1) is 18.2 Å². The van der Waals surface area contributed by atoms with Gasteiger partial charge in [-0.3, -0.25) is 19.4 Å². The quantitative estimate of drug-likeness (QED) is 0.703. The molecule has 2 aromatic rings. The molecule has 0 spiro atoms. The van der Waals surface area contributed by atoms with E-state index in [2.05, 4.69) is 10.3 Å². The van der Waals surface area contributed by atoms with E-state index < -0.39 is 0 Å². The second-order valence-corrected chi connectivity index (χ2v) is 7.82. The van der Waals surface area contributed by atoms with E-state index in [1.807, 2.05) is 13.0 Å². The molecule has 168 valence electrons. The summed E-state index contributed by atoms with van der Waals surface area (Å²) in [4.78, 5) is 43.4. The zero-order valence-corrected chi connectivity index (χ0v) is 18.8. The molecular weight excluding hydrogens is 441 g/mol. The number of fused-ring (bicyclic) bond motifs is 4. The number of nitrogens with one attached hydrogen (secondary N) is 1. The summed E-state index contributed by atoms with van der Waals surface area (Å²) in [5.74, 6) is -0.129. The summed E-state index contributed by atoms with van der Waals surface area (Å²) < 4.78 is 1.80. The highest BCUT2D eigenvalue weighted by atomic mass is 35.5. The molecule has 0 radical (unpaired) electrons. The van der Waals surface area contributed by atoms with Gasteiger partial charge in [-0.2, -0.15) is 0 Å². The molecule has 2 aromatic heterocycles. The van der Waals surface area contributed by atoms with Crippen LogP contribution in [0.3, 0.4) is 0 Å². The van der Waals surface area contributed by atoms with E-state index in [4.69, 9.17) is 5.73 Å². The molecule has 3 atom stereocenters.